The predicted molar refractivity (Wildman–Crippen MR) is 109 cm³/mol. The van der Waals surface area contributed by atoms with E-state index in [4.69, 9.17) is 0 Å². The highest BCUT2D eigenvalue weighted by Crippen LogP contribution is 2.26. The number of hydrogen-bond acceptors (Lipinski definition) is 5. The number of anilines is 1. The van der Waals surface area contributed by atoms with Crippen molar-refractivity contribution in [3.63, 3.8) is 0 Å². The van der Waals surface area contributed by atoms with E-state index < -0.39 is 0 Å². The van der Waals surface area contributed by atoms with Crippen molar-refractivity contribution in [3.8, 4) is 10.6 Å². The van der Waals surface area contributed by atoms with Crippen LogP contribution >= 0.6 is 22.7 Å². The third-order valence-corrected chi connectivity index (χ3v) is 5.84. The second kappa shape index (κ2) is 6.97. The number of aryl methyl sites for hydroxylation is 2. The van der Waals surface area contributed by atoms with Crippen LogP contribution in [0.3, 0.4) is 0 Å². The van der Waals surface area contributed by atoms with Crippen molar-refractivity contribution in [1.29, 1.82) is 0 Å². The van der Waals surface area contributed by atoms with Gasteiger partial charge in [0.1, 0.15) is 5.01 Å². The molecule has 2 aromatic carbocycles. The molecular weight excluding hydrogens is 362 g/mol. The number of nitrogens with one attached hydrogen (secondary N) is 1. The summed E-state index contributed by atoms with van der Waals surface area (Å²) in [6.07, 6.45) is 0.266. The van der Waals surface area contributed by atoms with E-state index in [0.717, 1.165) is 37.2 Å². The highest BCUT2D eigenvalue weighted by Gasteiger charge is 2.10. The van der Waals surface area contributed by atoms with E-state index >= 15 is 0 Å². The first-order chi connectivity index (χ1) is 12.6. The molecule has 1 N–H and O–H groups in total. The Morgan fingerprint density at radius 1 is 1.08 bits per heavy atom. The number of nitrogens with zero attached hydrogens (tertiary/aromatic N) is 2. The van der Waals surface area contributed by atoms with Gasteiger partial charge in [0.25, 0.3) is 0 Å². The molecule has 0 spiro atoms. The van der Waals surface area contributed by atoms with E-state index in [1.54, 1.807) is 22.7 Å². The van der Waals surface area contributed by atoms with Crippen LogP contribution in [-0.4, -0.2) is 15.9 Å². The fourth-order valence-corrected chi connectivity index (χ4v) is 4.40. The highest BCUT2D eigenvalue weighted by atomic mass is 32.1. The average Bonchev–Trinajstić information content (AvgIpc) is 3.20. The molecule has 0 bridgehead atoms. The molecule has 2 heterocycles. The fraction of sp³-hybridized carbons (Fsp3) is 0.150. The molecule has 0 aliphatic heterocycles. The van der Waals surface area contributed by atoms with E-state index in [-0.39, 0.29) is 12.3 Å². The van der Waals surface area contributed by atoms with Gasteiger partial charge in [-0.05, 0) is 32.0 Å². The van der Waals surface area contributed by atoms with E-state index in [1.165, 1.54) is 5.56 Å². The molecule has 0 fully saturated rings. The Bertz CT molecular complexity index is 1080. The van der Waals surface area contributed by atoms with Gasteiger partial charge in [-0.3, -0.25) is 4.79 Å². The maximum Gasteiger partial charge on any atom is 0.230 e. The maximum atomic E-state index is 12.4. The lowest BCUT2D eigenvalue weighted by Crippen LogP contribution is -2.14. The zero-order chi connectivity index (χ0) is 18.1. The van der Waals surface area contributed by atoms with Crippen molar-refractivity contribution in [2.75, 3.05) is 5.32 Å². The van der Waals surface area contributed by atoms with Crippen LogP contribution in [0.1, 0.15) is 16.3 Å². The second-order valence-corrected chi connectivity index (χ2v) is 8.24. The molecule has 4 nitrogen and oxygen atoms in total. The zero-order valence-electron chi connectivity index (χ0n) is 14.4. The zero-order valence-corrected chi connectivity index (χ0v) is 16.1. The Morgan fingerprint density at radius 2 is 1.88 bits per heavy atom. The molecule has 0 saturated carbocycles. The number of fused-ring (bicyclic) bond motifs is 1. The van der Waals surface area contributed by atoms with Gasteiger partial charge >= 0.3 is 0 Å². The number of thiazole rings is 2. The summed E-state index contributed by atoms with van der Waals surface area (Å²) in [4.78, 5) is 21.4. The van der Waals surface area contributed by atoms with Gasteiger partial charge in [0, 0.05) is 16.6 Å². The van der Waals surface area contributed by atoms with Gasteiger partial charge in [-0.15, -0.1) is 22.7 Å². The molecule has 26 heavy (non-hydrogen) atoms. The van der Waals surface area contributed by atoms with Crippen LogP contribution in [0.2, 0.25) is 0 Å². The number of carbonyl (C=O) groups excluding carboxylic acids is 1. The van der Waals surface area contributed by atoms with Crippen LogP contribution in [0.15, 0.2) is 47.8 Å². The van der Waals surface area contributed by atoms with E-state index in [0.29, 0.717) is 0 Å². The van der Waals surface area contributed by atoms with Crippen molar-refractivity contribution < 1.29 is 4.79 Å². The van der Waals surface area contributed by atoms with Gasteiger partial charge < -0.3 is 5.32 Å². The molecular formula is C20H17N3OS2. The van der Waals surface area contributed by atoms with Crippen molar-refractivity contribution in [3.05, 3.63) is 64.1 Å². The van der Waals surface area contributed by atoms with Gasteiger partial charge in [0.15, 0.2) is 0 Å². The summed E-state index contributed by atoms with van der Waals surface area (Å²) >= 11 is 3.19. The predicted octanol–water partition coefficient (Wildman–Crippen LogP) is 5.22. The molecule has 0 aliphatic carbocycles. The lowest BCUT2D eigenvalue weighted by Gasteiger charge is -2.04. The van der Waals surface area contributed by atoms with Crippen molar-refractivity contribution in [2.24, 2.45) is 0 Å². The van der Waals surface area contributed by atoms with Crippen LogP contribution in [-0.2, 0) is 11.2 Å². The average molecular weight is 380 g/mol. The van der Waals surface area contributed by atoms with Gasteiger partial charge in [-0.1, -0.05) is 29.8 Å². The molecule has 0 atom stereocenters. The minimum absolute atomic E-state index is 0.0636. The Morgan fingerprint density at radius 3 is 2.69 bits per heavy atom. The lowest BCUT2D eigenvalue weighted by molar-refractivity contribution is -0.115. The largest absolute Gasteiger partial charge is 0.326 e. The summed E-state index contributed by atoms with van der Waals surface area (Å²) in [5, 5.41) is 6.86. The molecule has 4 aromatic rings. The minimum Gasteiger partial charge on any atom is -0.326 e. The monoisotopic (exact) mass is 379 g/mol. The Labute approximate surface area is 159 Å². The van der Waals surface area contributed by atoms with Gasteiger partial charge in [0.2, 0.25) is 5.91 Å². The minimum atomic E-state index is -0.0636. The first-order valence-corrected chi connectivity index (χ1v) is 9.95. The highest BCUT2D eigenvalue weighted by molar-refractivity contribution is 7.18. The first-order valence-electron chi connectivity index (χ1n) is 8.25. The number of carbonyl (C=O) groups is 1. The molecule has 2 aromatic heterocycles. The summed E-state index contributed by atoms with van der Waals surface area (Å²) in [6, 6.07) is 14.1. The number of amides is 1. The standard InChI is InChI=1S/C20H17N3OS2/c1-12-3-5-14(6-4-12)20-23-16(11-25-20)10-19(24)22-15-7-8-17-18(9-15)26-13(2)21-17/h3-9,11H,10H2,1-2H3,(H,22,24). The van der Waals surface area contributed by atoms with Gasteiger partial charge in [-0.2, -0.15) is 0 Å². The third-order valence-electron chi connectivity index (χ3n) is 3.97. The van der Waals surface area contributed by atoms with Crippen molar-refractivity contribution in [2.45, 2.75) is 20.3 Å². The SMILES string of the molecule is Cc1ccc(-c2nc(CC(=O)Nc3ccc4nc(C)sc4c3)cs2)cc1. The van der Waals surface area contributed by atoms with Crippen LogP contribution in [0, 0.1) is 13.8 Å². The molecule has 0 saturated heterocycles. The van der Waals surface area contributed by atoms with E-state index in [1.807, 2.05) is 30.5 Å². The van der Waals surface area contributed by atoms with Gasteiger partial charge in [-0.25, -0.2) is 9.97 Å². The Hall–Kier alpha value is -2.57. The fourth-order valence-electron chi connectivity index (χ4n) is 2.70. The maximum absolute atomic E-state index is 12.4. The topological polar surface area (TPSA) is 54.9 Å². The van der Waals surface area contributed by atoms with Crippen molar-refractivity contribution >= 4 is 44.5 Å². The summed E-state index contributed by atoms with van der Waals surface area (Å²) in [6.45, 7) is 4.04. The first kappa shape index (κ1) is 16.9. The van der Waals surface area contributed by atoms with Crippen LogP contribution in [0.5, 0.6) is 0 Å². The number of rotatable bonds is 4. The second-order valence-electron chi connectivity index (χ2n) is 6.15. The Kier molecular flexibility index (Phi) is 4.53. The molecule has 0 unspecified atom stereocenters. The van der Waals surface area contributed by atoms with Crippen LogP contribution in [0.25, 0.3) is 20.8 Å². The summed E-state index contributed by atoms with van der Waals surface area (Å²) in [7, 11) is 0. The van der Waals surface area contributed by atoms with Crippen molar-refractivity contribution in [1.82, 2.24) is 9.97 Å². The third kappa shape index (κ3) is 3.66. The number of benzene rings is 2. The van der Waals surface area contributed by atoms with Crippen LogP contribution in [0.4, 0.5) is 5.69 Å². The van der Waals surface area contributed by atoms with Gasteiger partial charge in [0.05, 0.1) is 27.3 Å². The number of hydrogen-bond donors (Lipinski definition) is 1. The van der Waals surface area contributed by atoms with E-state index in [9.17, 15) is 4.79 Å². The molecule has 0 radical (unpaired) electrons. The van der Waals surface area contributed by atoms with Crippen LogP contribution < -0.4 is 5.32 Å². The lowest BCUT2D eigenvalue weighted by atomic mass is 10.2. The molecule has 0 aliphatic rings. The molecule has 130 valence electrons. The number of aromatic nitrogens is 2. The molecule has 4 rings (SSSR count). The summed E-state index contributed by atoms with van der Waals surface area (Å²) < 4.78 is 1.08. The van der Waals surface area contributed by atoms with E-state index in [2.05, 4.69) is 46.5 Å². The normalized spacial score (nSPS) is 11.0. The summed E-state index contributed by atoms with van der Waals surface area (Å²) in [5.74, 6) is -0.0636. The smallest absolute Gasteiger partial charge is 0.230 e. The quantitative estimate of drug-likeness (QED) is 0.529. The Balaban J connectivity index is 1.45. The molecule has 6 heteroatoms. The summed E-state index contributed by atoms with van der Waals surface area (Å²) in [5.41, 5.74) is 4.85. The molecule has 1 amide bonds.